The molecule has 1 aliphatic rings. The Morgan fingerprint density at radius 1 is 1.28 bits per heavy atom. The summed E-state index contributed by atoms with van der Waals surface area (Å²) in [5.41, 5.74) is -0.0688. The van der Waals surface area contributed by atoms with Gasteiger partial charge in [0.05, 0.1) is 25.2 Å². The highest BCUT2D eigenvalue weighted by Gasteiger charge is 2.28. The highest BCUT2D eigenvalue weighted by molar-refractivity contribution is 7.89. The lowest BCUT2D eigenvalue weighted by molar-refractivity contribution is -0.123. The van der Waals surface area contributed by atoms with Crippen molar-refractivity contribution in [1.82, 2.24) is 9.62 Å². The Morgan fingerprint density at radius 2 is 1.96 bits per heavy atom. The first-order chi connectivity index (χ1) is 11.9. The molecule has 0 bridgehead atoms. The number of esters is 1. The summed E-state index contributed by atoms with van der Waals surface area (Å²) in [5.74, 6) is -1.17. The van der Waals surface area contributed by atoms with Crippen molar-refractivity contribution in [2.24, 2.45) is 0 Å². The molecule has 2 rings (SSSR count). The topological polar surface area (TPSA) is 111 Å². The van der Waals surface area contributed by atoms with E-state index in [-0.39, 0.29) is 29.3 Å². The first kappa shape index (κ1) is 19.2. The van der Waals surface area contributed by atoms with E-state index in [1.54, 1.807) is 0 Å². The zero-order chi connectivity index (χ0) is 18.4. The van der Waals surface area contributed by atoms with Crippen molar-refractivity contribution in [2.45, 2.75) is 4.90 Å². The number of ether oxygens (including phenoxy) is 3. The van der Waals surface area contributed by atoms with E-state index in [0.717, 1.165) is 0 Å². The first-order valence-corrected chi connectivity index (χ1v) is 8.97. The number of carbonyl (C=O) groups excluding carboxylic acids is 2. The standard InChI is InChI=1S/C15H20N2O7S/c1-16-14(18)10-24-15(19)12-9-11(3-4-13(12)22-2)25(20,21)17-5-7-23-8-6-17/h3-4,9H,5-8,10H2,1-2H3,(H,16,18). The maximum Gasteiger partial charge on any atom is 0.342 e. The van der Waals surface area contributed by atoms with Crippen LogP contribution in [0.5, 0.6) is 5.75 Å². The second-order valence-corrected chi connectivity index (χ2v) is 7.07. The molecule has 138 valence electrons. The smallest absolute Gasteiger partial charge is 0.342 e. The summed E-state index contributed by atoms with van der Waals surface area (Å²) < 4.78 is 41.8. The van der Waals surface area contributed by atoms with Gasteiger partial charge < -0.3 is 19.5 Å². The third-order valence-electron chi connectivity index (χ3n) is 3.61. The van der Waals surface area contributed by atoms with Gasteiger partial charge in [-0.05, 0) is 18.2 Å². The Morgan fingerprint density at radius 3 is 2.56 bits per heavy atom. The number of hydrogen-bond donors (Lipinski definition) is 1. The molecule has 0 atom stereocenters. The number of nitrogens with zero attached hydrogens (tertiary/aromatic N) is 1. The van der Waals surface area contributed by atoms with Gasteiger partial charge in [-0.25, -0.2) is 13.2 Å². The number of sulfonamides is 1. The predicted molar refractivity (Wildman–Crippen MR) is 86.9 cm³/mol. The van der Waals surface area contributed by atoms with E-state index in [2.05, 4.69) is 5.32 Å². The SMILES string of the molecule is CNC(=O)COC(=O)c1cc(S(=O)(=O)N2CCOCC2)ccc1OC. The molecule has 25 heavy (non-hydrogen) atoms. The van der Waals surface area contributed by atoms with Crippen LogP contribution in [-0.4, -0.2) is 71.7 Å². The van der Waals surface area contributed by atoms with Crippen LogP contribution in [0.25, 0.3) is 0 Å². The van der Waals surface area contributed by atoms with Crippen LogP contribution in [0.1, 0.15) is 10.4 Å². The predicted octanol–water partition coefficient (Wildman–Crippen LogP) is -0.381. The fourth-order valence-electron chi connectivity index (χ4n) is 2.22. The van der Waals surface area contributed by atoms with Gasteiger partial charge in [-0.2, -0.15) is 4.31 Å². The summed E-state index contributed by atoms with van der Waals surface area (Å²) in [7, 11) is -1.01. The van der Waals surface area contributed by atoms with Gasteiger partial charge in [0, 0.05) is 20.1 Å². The molecule has 0 unspecified atom stereocenters. The number of amides is 1. The second kappa shape index (κ2) is 8.28. The maximum atomic E-state index is 12.7. The molecule has 1 heterocycles. The Kier molecular flexibility index (Phi) is 6.34. The second-order valence-electron chi connectivity index (χ2n) is 5.13. The van der Waals surface area contributed by atoms with E-state index < -0.39 is 28.5 Å². The van der Waals surface area contributed by atoms with Crippen LogP contribution in [0.4, 0.5) is 0 Å². The number of rotatable bonds is 6. The Balaban J connectivity index is 2.29. The third kappa shape index (κ3) is 4.47. The van der Waals surface area contributed by atoms with Gasteiger partial charge in [0.15, 0.2) is 6.61 Å². The molecule has 1 aliphatic heterocycles. The number of nitrogens with one attached hydrogen (secondary N) is 1. The number of likely N-dealkylation sites (N-methyl/N-ethyl adjacent to an activating group) is 1. The Bertz CT molecular complexity index is 742. The average Bonchev–Trinajstić information content (AvgIpc) is 2.65. The summed E-state index contributed by atoms with van der Waals surface area (Å²) in [5, 5.41) is 2.32. The number of methoxy groups -OCH3 is 1. The van der Waals surface area contributed by atoms with Crippen LogP contribution in [0, 0.1) is 0 Å². The molecule has 1 N–H and O–H groups in total. The summed E-state index contributed by atoms with van der Waals surface area (Å²) >= 11 is 0. The summed E-state index contributed by atoms with van der Waals surface area (Å²) in [4.78, 5) is 23.3. The van der Waals surface area contributed by atoms with Gasteiger partial charge in [-0.3, -0.25) is 4.79 Å². The van der Waals surface area contributed by atoms with E-state index in [4.69, 9.17) is 14.2 Å². The Labute approximate surface area is 145 Å². The van der Waals surface area contributed by atoms with Crippen LogP contribution in [0.2, 0.25) is 0 Å². The van der Waals surface area contributed by atoms with Gasteiger partial charge in [0.1, 0.15) is 11.3 Å². The van der Waals surface area contributed by atoms with E-state index in [9.17, 15) is 18.0 Å². The fraction of sp³-hybridized carbons (Fsp3) is 0.467. The first-order valence-electron chi connectivity index (χ1n) is 7.53. The molecular weight excluding hydrogens is 352 g/mol. The van der Waals surface area contributed by atoms with Crippen LogP contribution in [0.15, 0.2) is 23.1 Å². The zero-order valence-corrected chi connectivity index (χ0v) is 14.8. The van der Waals surface area contributed by atoms with Gasteiger partial charge in [0.2, 0.25) is 10.0 Å². The molecule has 1 amide bonds. The highest BCUT2D eigenvalue weighted by Crippen LogP contribution is 2.25. The van der Waals surface area contributed by atoms with E-state index in [1.807, 2.05) is 0 Å². The normalized spacial score (nSPS) is 15.4. The van der Waals surface area contributed by atoms with Crippen LogP contribution in [-0.2, 0) is 24.3 Å². The molecule has 0 radical (unpaired) electrons. The Hall–Kier alpha value is -2.17. The summed E-state index contributed by atoms with van der Waals surface area (Å²) in [6, 6.07) is 3.93. The lowest BCUT2D eigenvalue weighted by Gasteiger charge is -2.26. The molecule has 9 nitrogen and oxygen atoms in total. The van der Waals surface area contributed by atoms with E-state index in [0.29, 0.717) is 13.2 Å². The van der Waals surface area contributed by atoms with Crippen molar-refractivity contribution < 1.29 is 32.2 Å². The average molecular weight is 372 g/mol. The minimum Gasteiger partial charge on any atom is -0.496 e. The van der Waals surface area contributed by atoms with Crippen LogP contribution >= 0.6 is 0 Å². The number of morpholine rings is 1. The van der Waals surface area contributed by atoms with Gasteiger partial charge in [-0.1, -0.05) is 0 Å². The van der Waals surface area contributed by atoms with Crippen molar-refractivity contribution in [3.8, 4) is 5.75 Å². The third-order valence-corrected chi connectivity index (χ3v) is 5.51. The molecule has 1 fully saturated rings. The monoisotopic (exact) mass is 372 g/mol. The molecule has 1 aromatic rings. The van der Waals surface area contributed by atoms with Crippen molar-refractivity contribution in [3.05, 3.63) is 23.8 Å². The largest absolute Gasteiger partial charge is 0.496 e. The fourth-order valence-corrected chi connectivity index (χ4v) is 3.66. The molecular formula is C15H20N2O7S. The number of hydrogen-bond acceptors (Lipinski definition) is 7. The highest BCUT2D eigenvalue weighted by atomic mass is 32.2. The maximum absolute atomic E-state index is 12.7. The number of carbonyl (C=O) groups is 2. The molecule has 10 heteroatoms. The van der Waals surface area contributed by atoms with Gasteiger partial charge in [-0.15, -0.1) is 0 Å². The minimum absolute atomic E-state index is 0.0536. The van der Waals surface area contributed by atoms with Crippen LogP contribution in [0.3, 0.4) is 0 Å². The van der Waals surface area contributed by atoms with Crippen molar-refractivity contribution in [2.75, 3.05) is 47.1 Å². The van der Waals surface area contributed by atoms with Crippen molar-refractivity contribution in [3.63, 3.8) is 0 Å². The van der Waals surface area contributed by atoms with Crippen molar-refractivity contribution >= 4 is 21.9 Å². The number of benzene rings is 1. The quantitative estimate of drug-likeness (QED) is 0.678. The minimum atomic E-state index is -3.77. The zero-order valence-electron chi connectivity index (χ0n) is 14.0. The van der Waals surface area contributed by atoms with Crippen LogP contribution < -0.4 is 10.1 Å². The molecule has 0 aliphatic carbocycles. The van der Waals surface area contributed by atoms with E-state index in [1.165, 1.54) is 36.7 Å². The molecule has 0 saturated carbocycles. The lowest BCUT2D eigenvalue weighted by Crippen LogP contribution is -2.40. The molecule has 0 aromatic heterocycles. The lowest BCUT2D eigenvalue weighted by atomic mass is 10.2. The van der Waals surface area contributed by atoms with E-state index >= 15 is 0 Å². The summed E-state index contributed by atoms with van der Waals surface area (Å²) in [6.45, 7) is 0.640. The molecule has 0 spiro atoms. The van der Waals surface area contributed by atoms with Gasteiger partial charge in [0.25, 0.3) is 5.91 Å². The van der Waals surface area contributed by atoms with Gasteiger partial charge >= 0.3 is 5.97 Å². The molecule has 1 aromatic carbocycles. The molecule has 1 saturated heterocycles. The van der Waals surface area contributed by atoms with Crippen molar-refractivity contribution in [1.29, 1.82) is 0 Å². The summed E-state index contributed by atoms with van der Waals surface area (Å²) in [6.07, 6.45) is 0.